The van der Waals surface area contributed by atoms with E-state index in [1.54, 1.807) is 54.6 Å². The van der Waals surface area contributed by atoms with E-state index in [1.165, 1.54) is 12.0 Å². The van der Waals surface area contributed by atoms with E-state index in [-0.39, 0.29) is 24.5 Å². The molecule has 1 aliphatic heterocycles. The van der Waals surface area contributed by atoms with E-state index in [4.69, 9.17) is 14.2 Å². The lowest BCUT2D eigenvalue weighted by Crippen LogP contribution is -2.32. The van der Waals surface area contributed by atoms with Gasteiger partial charge in [0.1, 0.15) is 29.6 Å². The smallest absolute Gasteiger partial charge is 0.295 e. The second kappa shape index (κ2) is 11.4. The quantitative estimate of drug-likeness (QED) is 0.186. The van der Waals surface area contributed by atoms with Crippen molar-refractivity contribution in [1.29, 1.82) is 0 Å². The van der Waals surface area contributed by atoms with E-state index in [0.717, 1.165) is 0 Å². The summed E-state index contributed by atoms with van der Waals surface area (Å²) in [5, 5.41) is 11.2. The van der Waals surface area contributed by atoms with Gasteiger partial charge in [0.15, 0.2) is 0 Å². The molecule has 1 saturated heterocycles. The van der Waals surface area contributed by atoms with Gasteiger partial charge in [-0.2, -0.15) is 0 Å². The van der Waals surface area contributed by atoms with E-state index >= 15 is 0 Å². The highest BCUT2D eigenvalue weighted by atomic mass is 16.5. The normalized spacial score (nSPS) is 16.7. The van der Waals surface area contributed by atoms with Gasteiger partial charge in [-0.1, -0.05) is 43.0 Å². The average molecular weight is 486 g/mol. The molecule has 0 aliphatic carbocycles. The Morgan fingerprint density at radius 3 is 2.39 bits per heavy atom. The van der Waals surface area contributed by atoms with Crippen LogP contribution in [0.15, 0.2) is 97.1 Å². The van der Waals surface area contributed by atoms with Crippen molar-refractivity contribution in [2.24, 2.45) is 0 Å². The van der Waals surface area contributed by atoms with E-state index in [1.807, 2.05) is 30.3 Å². The number of aliphatic hydroxyl groups excluding tert-OH is 1. The van der Waals surface area contributed by atoms with Crippen LogP contribution >= 0.6 is 0 Å². The lowest BCUT2D eigenvalue weighted by atomic mass is 9.95. The van der Waals surface area contributed by atoms with Crippen molar-refractivity contribution in [3.8, 4) is 17.2 Å². The largest absolute Gasteiger partial charge is 0.507 e. The third-order valence-corrected chi connectivity index (χ3v) is 5.72. The summed E-state index contributed by atoms with van der Waals surface area (Å²) >= 11 is 0. The summed E-state index contributed by atoms with van der Waals surface area (Å²) in [4.78, 5) is 27.6. The number of carbonyl (C=O) groups is 2. The number of ketones is 1. The Labute approximate surface area is 209 Å². The average Bonchev–Trinajstić information content (AvgIpc) is 3.16. The molecular formula is C29H27NO6. The molecule has 1 heterocycles. The second-order valence-electron chi connectivity index (χ2n) is 8.10. The van der Waals surface area contributed by atoms with Gasteiger partial charge in [-0.15, -0.1) is 0 Å². The summed E-state index contributed by atoms with van der Waals surface area (Å²) < 4.78 is 16.6. The number of nitrogens with zero attached hydrogens (tertiary/aromatic N) is 1. The number of likely N-dealkylation sites (tertiary alicyclic amines) is 1. The highest BCUT2D eigenvalue weighted by Crippen LogP contribution is 2.40. The number of Topliss-reactive ketones (excluding diaryl/α,β-unsaturated/α-hetero) is 1. The van der Waals surface area contributed by atoms with Crippen molar-refractivity contribution in [3.05, 3.63) is 108 Å². The second-order valence-corrected chi connectivity index (χ2v) is 8.10. The van der Waals surface area contributed by atoms with Gasteiger partial charge in [-0.3, -0.25) is 9.59 Å². The van der Waals surface area contributed by atoms with E-state index in [2.05, 4.69) is 6.58 Å². The van der Waals surface area contributed by atoms with Crippen molar-refractivity contribution in [2.75, 3.05) is 26.9 Å². The van der Waals surface area contributed by atoms with Gasteiger partial charge in [0.25, 0.3) is 11.7 Å². The predicted molar refractivity (Wildman–Crippen MR) is 136 cm³/mol. The number of aliphatic hydroxyl groups is 1. The minimum absolute atomic E-state index is 0.00715. The minimum Gasteiger partial charge on any atom is -0.507 e. The number of rotatable bonds is 10. The topological polar surface area (TPSA) is 85.3 Å². The summed E-state index contributed by atoms with van der Waals surface area (Å²) in [6.45, 7) is 4.38. The highest BCUT2D eigenvalue weighted by molar-refractivity contribution is 6.46. The van der Waals surface area contributed by atoms with Crippen LogP contribution in [-0.2, 0) is 14.3 Å². The molecule has 0 bridgehead atoms. The van der Waals surface area contributed by atoms with Gasteiger partial charge < -0.3 is 24.2 Å². The zero-order valence-electron chi connectivity index (χ0n) is 19.9. The first-order valence-electron chi connectivity index (χ1n) is 11.5. The van der Waals surface area contributed by atoms with Crippen molar-refractivity contribution < 1.29 is 28.9 Å². The fourth-order valence-corrected chi connectivity index (χ4v) is 4.04. The summed E-state index contributed by atoms with van der Waals surface area (Å²) in [7, 11) is 1.52. The van der Waals surface area contributed by atoms with Gasteiger partial charge in [0.05, 0.1) is 18.2 Å². The Bertz CT molecular complexity index is 1270. The van der Waals surface area contributed by atoms with Crippen LogP contribution < -0.4 is 9.47 Å². The molecule has 1 aliphatic rings. The van der Waals surface area contributed by atoms with Crippen LogP contribution in [0, 0.1) is 0 Å². The van der Waals surface area contributed by atoms with Crippen LogP contribution in [-0.4, -0.2) is 48.6 Å². The first kappa shape index (κ1) is 24.8. The number of ether oxygens (including phenoxy) is 3. The molecule has 0 spiro atoms. The molecule has 36 heavy (non-hydrogen) atoms. The molecule has 1 amide bonds. The van der Waals surface area contributed by atoms with Gasteiger partial charge in [0, 0.05) is 19.2 Å². The first-order valence-corrected chi connectivity index (χ1v) is 11.5. The monoisotopic (exact) mass is 485 g/mol. The fraction of sp³-hybridized carbons (Fsp3) is 0.172. The molecule has 0 radical (unpaired) electrons. The zero-order chi connectivity index (χ0) is 25.5. The van der Waals surface area contributed by atoms with E-state index in [0.29, 0.717) is 35.0 Å². The minimum atomic E-state index is -0.809. The molecule has 1 fully saturated rings. The number of carbonyl (C=O) groups excluding carboxylic acids is 2. The van der Waals surface area contributed by atoms with Crippen LogP contribution in [0.25, 0.3) is 5.76 Å². The van der Waals surface area contributed by atoms with Crippen LogP contribution in [0.4, 0.5) is 0 Å². The lowest BCUT2D eigenvalue weighted by Gasteiger charge is -2.25. The third kappa shape index (κ3) is 5.31. The SMILES string of the molecule is C=CCOc1ccc(C(O)=C2C(=O)C(=O)N(CCOC)C2c2cccc(Oc3ccccc3)c2)cc1. The lowest BCUT2D eigenvalue weighted by molar-refractivity contribution is -0.140. The summed E-state index contributed by atoms with van der Waals surface area (Å²) in [6, 6.07) is 22.3. The molecule has 0 aromatic heterocycles. The van der Waals surface area contributed by atoms with Gasteiger partial charge in [-0.25, -0.2) is 0 Å². The number of hydrogen-bond donors (Lipinski definition) is 1. The van der Waals surface area contributed by atoms with Crippen molar-refractivity contribution >= 4 is 17.4 Å². The van der Waals surface area contributed by atoms with Gasteiger partial charge in [-0.05, 0) is 54.1 Å². The molecule has 1 unspecified atom stereocenters. The Kier molecular flexibility index (Phi) is 7.82. The van der Waals surface area contributed by atoms with Crippen LogP contribution in [0.2, 0.25) is 0 Å². The van der Waals surface area contributed by atoms with Gasteiger partial charge >= 0.3 is 0 Å². The molecule has 4 rings (SSSR count). The van der Waals surface area contributed by atoms with Crippen molar-refractivity contribution in [2.45, 2.75) is 6.04 Å². The Morgan fingerprint density at radius 1 is 0.972 bits per heavy atom. The van der Waals surface area contributed by atoms with E-state index < -0.39 is 17.7 Å². The molecule has 7 heteroatoms. The molecule has 184 valence electrons. The maximum absolute atomic E-state index is 13.1. The maximum atomic E-state index is 13.1. The summed E-state index contributed by atoms with van der Waals surface area (Å²) in [5.74, 6) is 0.0766. The number of hydrogen-bond acceptors (Lipinski definition) is 6. The first-order chi connectivity index (χ1) is 17.5. The number of benzene rings is 3. The molecule has 3 aromatic rings. The molecule has 1 atom stereocenters. The molecule has 0 saturated carbocycles. The zero-order valence-corrected chi connectivity index (χ0v) is 19.9. The molecule has 1 N–H and O–H groups in total. The molecular weight excluding hydrogens is 458 g/mol. The summed E-state index contributed by atoms with van der Waals surface area (Å²) in [6.07, 6.45) is 1.63. The maximum Gasteiger partial charge on any atom is 0.295 e. The van der Waals surface area contributed by atoms with Crippen LogP contribution in [0.3, 0.4) is 0 Å². The van der Waals surface area contributed by atoms with E-state index in [9.17, 15) is 14.7 Å². The van der Waals surface area contributed by atoms with Crippen LogP contribution in [0.1, 0.15) is 17.2 Å². The third-order valence-electron chi connectivity index (χ3n) is 5.72. The Hall–Kier alpha value is -4.36. The van der Waals surface area contributed by atoms with Crippen molar-refractivity contribution in [1.82, 2.24) is 4.90 Å². The molecule has 7 nitrogen and oxygen atoms in total. The fourth-order valence-electron chi connectivity index (χ4n) is 4.04. The van der Waals surface area contributed by atoms with Crippen LogP contribution in [0.5, 0.6) is 17.2 Å². The Balaban J connectivity index is 1.75. The number of amides is 1. The predicted octanol–water partition coefficient (Wildman–Crippen LogP) is 5.11. The highest BCUT2D eigenvalue weighted by Gasteiger charge is 2.46. The standard InChI is InChI=1S/C29H27NO6/c1-3-17-35-22-14-12-20(13-15-22)27(31)25-26(30(16-18-34-2)29(33)28(25)32)21-8-7-11-24(19-21)36-23-9-5-4-6-10-23/h3-15,19,26,31H,1,16-18H2,2H3. The summed E-state index contributed by atoms with van der Waals surface area (Å²) in [5.41, 5.74) is 1.03. The number of methoxy groups -OCH3 is 1. The molecule has 3 aromatic carbocycles. The van der Waals surface area contributed by atoms with Crippen molar-refractivity contribution in [3.63, 3.8) is 0 Å². The number of para-hydroxylation sites is 1. The Morgan fingerprint density at radius 2 is 1.69 bits per heavy atom. The van der Waals surface area contributed by atoms with Gasteiger partial charge in [0.2, 0.25) is 0 Å².